The van der Waals surface area contributed by atoms with Crippen molar-refractivity contribution in [1.29, 1.82) is 0 Å². The molecule has 172 valence electrons. The van der Waals surface area contributed by atoms with Crippen LogP contribution in [0.3, 0.4) is 0 Å². The van der Waals surface area contributed by atoms with Gasteiger partial charge in [0.1, 0.15) is 6.26 Å². The Bertz CT molecular complexity index is 1550. The van der Waals surface area contributed by atoms with Crippen LogP contribution in [0.2, 0.25) is 0 Å². The van der Waals surface area contributed by atoms with Crippen LogP contribution in [-0.2, 0) is 19.0 Å². The molecule has 0 saturated carbocycles. The largest absolute Gasteiger partial charge is 0.449 e. The van der Waals surface area contributed by atoms with E-state index in [4.69, 9.17) is 4.42 Å². The number of aromatic nitrogens is 6. The first-order chi connectivity index (χ1) is 16.4. The summed E-state index contributed by atoms with van der Waals surface area (Å²) in [6, 6.07) is 3.43. The number of nitrogens with zero attached hydrogens (tertiary/aromatic N) is 4. The van der Waals surface area contributed by atoms with Crippen LogP contribution < -0.4 is 5.32 Å². The molecule has 0 bridgehead atoms. The summed E-state index contributed by atoms with van der Waals surface area (Å²) in [6.45, 7) is 0. The van der Waals surface area contributed by atoms with Crippen molar-refractivity contribution in [2.45, 2.75) is 31.9 Å². The normalized spacial score (nSPS) is 14.0. The molecule has 0 unspecified atom stereocenters. The Labute approximate surface area is 188 Å². The third-order valence-electron chi connectivity index (χ3n) is 6.05. The lowest BCUT2D eigenvalue weighted by atomic mass is 9.85. The SMILES string of the molecule is O=C(Nc1cocn1)c1n[nH]c2ccc3nc(-c4c[nH]nc4C(F)(F)F)c4c(c3c12)CCCC4. The third-order valence-corrected chi connectivity index (χ3v) is 6.05. The molecule has 3 N–H and O–H groups in total. The summed E-state index contributed by atoms with van der Waals surface area (Å²) >= 11 is 0. The number of aromatic amines is 2. The van der Waals surface area contributed by atoms with Gasteiger partial charge in [-0.3, -0.25) is 15.0 Å². The van der Waals surface area contributed by atoms with Gasteiger partial charge in [-0.15, -0.1) is 0 Å². The molecule has 1 aliphatic carbocycles. The molecular weight excluding hydrogens is 451 g/mol. The molecule has 0 atom stereocenters. The average Bonchev–Trinajstić information content (AvgIpc) is 3.58. The van der Waals surface area contributed by atoms with Gasteiger partial charge in [-0.2, -0.15) is 28.4 Å². The number of nitrogens with one attached hydrogen (secondary N) is 3. The Kier molecular flexibility index (Phi) is 4.44. The van der Waals surface area contributed by atoms with Gasteiger partial charge < -0.3 is 9.73 Å². The van der Waals surface area contributed by atoms with Gasteiger partial charge >= 0.3 is 6.18 Å². The van der Waals surface area contributed by atoms with Crippen molar-refractivity contribution in [1.82, 2.24) is 30.4 Å². The Morgan fingerprint density at radius 3 is 2.68 bits per heavy atom. The van der Waals surface area contributed by atoms with Crippen molar-refractivity contribution in [2.24, 2.45) is 0 Å². The number of hydrogen-bond donors (Lipinski definition) is 3. The summed E-state index contributed by atoms with van der Waals surface area (Å²) in [4.78, 5) is 21.5. The molecule has 1 amide bonds. The highest BCUT2D eigenvalue weighted by atomic mass is 19.4. The van der Waals surface area contributed by atoms with Gasteiger partial charge in [0, 0.05) is 17.0 Å². The molecule has 0 fully saturated rings. The molecule has 4 heterocycles. The van der Waals surface area contributed by atoms with E-state index in [0.717, 1.165) is 24.0 Å². The second-order valence-corrected chi connectivity index (χ2v) is 8.05. The zero-order chi connectivity index (χ0) is 23.4. The van der Waals surface area contributed by atoms with Crippen molar-refractivity contribution >= 4 is 33.5 Å². The highest BCUT2D eigenvalue weighted by molar-refractivity contribution is 6.19. The van der Waals surface area contributed by atoms with E-state index in [0.29, 0.717) is 34.6 Å². The molecule has 0 radical (unpaired) electrons. The molecular formula is C22H16F3N7O2. The first kappa shape index (κ1) is 20.4. The fraction of sp³-hybridized carbons (Fsp3) is 0.227. The molecule has 4 aromatic heterocycles. The second-order valence-electron chi connectivity index (χ2n) is 8.05. The van der Waals surface area contributed by atoms with E-state index in [1.165, 1.54) is 18.9 Å². The Morgan fingerprint density at radius 1 is 1.09 bits per heavy atom. The number of hydrogen-bond acceptors (Lipinski definition) is 6. The number of rotatable bonds is 3. The van der Waals surface area contributed by atoms with E-state index in [1.807, 2.05) is 0 Å². The van der Waals surface area contributed by atoms with Gasteiger partial charge in [-0.1, -0.05) is 0 Å². The zero-order valence-corrected chi connectivity index (χ0v) is 17.5. The molecule has 0 saturated heterocycles. The maximum absolute atomic E-state index is 13.6. The van der Waals surface area contributed by atoms with Crippen molar-refractivity contribution in [3.8, 4) is 11.3 Å². The standard InChI is InChI=1S/C22H16F3N7O2/c23-22(24,25)20-12(7-27-32-20)18-11-4-2-1-3-10(11)16-13(28-18)5-6-14-17(16)19(31-30-14)21(33)29-15-8-34-9-26-15/h5-9H,1-4H2,(H,27,32)(H,29,33)(H,30,31). The molecule has 6 rings (SSSR count). The number of amides is 1. The van der Waals surface area contributed by atoms with Gasteiger partial charge in [0.05, 0.1) is 22.3 Å². The van der Waals surface area contributed by atoms with E-state index < -0.39 is 17.8 Å². The number of anilines is 1. The Hall–Kier alpha value is -4.22. The predicted molar refractivity (Wildman–Crippen MR) is 115 cm³/mol. The molecule has 9 nitrogen and oxygen atoms in total. The highest BCUT2D eigenvalue weighted by Crippen LogP contribution is 2.42. The van der Waals surface area contributed by atoms with E-state index >= 15 is 0 Å². The molecule has 1 aromatic carbocycles. The number of carbonyl (C=O) groups excluding carboxylic acids is 1. The number of fused-ring (bicyclic) bond motifs is 5. The number of oxazole rings is 1. The van der Waals surface area contributed by atoms with E-state index in [-0.39, 0.29) is 22.8 Å². The summed E-state index contributed by atoms with van der Waals surface area (Å²) in [5, 5.41) is 16.8. The van der Waals surface area contributed by atoms with Crippen LogP contribution in [0.5, 0.6) is 0 Å². The molecule has 12 heteroatoms. The second kappa shape index (κ2) is 7.40. The van der Waals surface area contributed by atoms with E-state index in [9.17, 15) is 18.0 Å². The van der Waals surface area contributed by atoms with Gasteiger partial charge in [0.25, 0.3) is 5.91 Å². The highest BCUT2D eigenvalue weighted by Gasteiger charge is 2.38. The molecule has 0 spiro atoms. The van der Waals surface area contributed by atoms with E-state index in [1.54, 1.807) is 12.1 Å². The third kappa shape index (κ3) is 3.13. The maximum Gasteiger partial charge on any atom is 0.435 e. The number of benzene rings is 1. The van der Waals surface area contributed by atoms with Gasteiger partial charge in [0.2, 0.25) is 0 Å². The molecule has 5 aromatic rings. The minimum Gasteiger partial charge on any atom is -0.449 e. The van der Waals surface area contributed by atoms with Crippen molar-refractivity contribution in [2.75, 3.05) is 5.32 Å². The molecule has 0 aliphatic heterocycles. The summed E-state index contributed by atoms with van der Waals surface area (Å²) in [5.41, 5.74) is 2.05. The van der Waals surface area contributed by atoms with Crippen LogP contribution in [0.4, 0.5) is 19.0 Å². The van der Waals surface area contributed by atoms with Crippen LogP contribution in [0, 0.1) is 0 Å². The van der Waals surface area contributed by atoms with Gasteiger partial charge in [-0.05, 0) is 48.9 Å². The van der Waals surface area contributed by atoms with Crippen molar-refractivity contribution in [3.63, 3.8) is 0 Å². The lowest BCUT2D eigenvalue weighted by Crippen LogP contribution is -2.14. The van der Waals surface area contributed by atoms with Crippen LogP contribution >= 0.6 is 0 Å². The minimum atomic E-state index is -4.62. The van der Waals surface area contributed by atoms with Crippen molar-refractivity contribution in [3.05, 3.63) is 53.5 Å². The number of pyridine rings is 1. The summed E-state index contributed by atoms with van der Waals surface area (Å²) in [6.07, 6.45) is 2.03. The Balaban J connectivity index is 1.60. The van der Waals surface area contributed by atoms with Crippen LogP contribution in [-0.4, -0.2) is 36.3 Å². The van der Waals surface area contributed by atoms with Crippen LogP contribution in [0.15, 0.2) is 35.4 Å². The molecule has 34 heavy (non-hydrogen) atoms. The van der Waals surface area contributed by atoms with Crippen LogP contribution in [0.1, 0.15) is 40.2 Å². The number of aryl methyl sites for hydroxylation is 1. The summed E-state index contributed by atoms with van der Waals surface area (Å²) in [5.74, 6) is -0.251. The first-order valence-electron chi connectivity index (χ1n) is 10.5. The van der Waals surface area contributed by atoms with Crippen LogP contribution in [0.25, 0.3) is 33.1 Å². The van der Waals surface area contributed by atoms with E-state index in [2.05, 4.69) is 35.7 Å². The lowest BCUT2D eigenvalue weighted by Gasteiger charge is -2.22. The lowest BCUT2D eigenvalue weighted by molar-refractivity contribution is -0.140. The Morgan fingerprint density at radius 2 is 1.91 bits per heavy atom. The van der Waals surface area contributed by atoms with Gasteiger partial charge in [0.15, 0.2) is 23.6 Å². The number of H-pyrrole nitrogens is 2. The van der Waals surface area contributed by atoms with Gasteiger partial charge in [-0.25, -0.2) is 4.98 Å². The number of halogens is 3. The predicted octanol–water partition coefficient (Wildman–Crippen LogP) is 4.64. The first-order valence-corrected chi connectivity index (χ1v) is 10.5. The quantitative estimate of drug-likeness (QED) is 0.355. The minimum absolute atomic E-state index is 0.0798. The summed E-state index contributed by atoms with van der Waals surface area (Å²) < 4.78 is 45.7. The average molecular weight is 467 g/mol. The number of alkyl halides is 3. The zero-order valence-electron chi connectivity index (χ0n) is 17.5. The number of carbonyl (C=O) groups is 1. The fourth-order valence-corrected chi connectivity index (χ4v) is 4.66. The monoisotopic (exact) mass is 467 g/mol. The van der Waals surface area contributed by atoms with Crippen molar-refractivity contribution < 1.29 is 22.4 Å². The maximum atomic E-state index is 13.6. The summed E-state index contributed by atoms with van der Waals surface area (Å²) in [7, 11) is 0. The topological polar surface area (TPSA) is 125 Å². The fourth-order valence-electron chi connectivity index (χ4n) is 4.66. The smallest absolute Gasteiger partial charge is 0.435 e. The molecule has 1 aliphatic rings.